The van der Waals surface area contributed by atoms with Gasteiger partial charge in [-0.2, -0.15) is 0 Å². The highest BCUT2D eigenvalue weighted by Gasteiger charge is 2.17. The van der Waals surface area contributed by atoms with Crippen molar-refractivity contribution in [2.24, 2.45) is 0 Å². The molecule has 9 heteroatoms. The third kappa shape index (κ3) is 4.47. The summed E-state index contributed by atoms with van der Waals surface area (Å²) in [7, 11) is 0. The van der Waals surface area contributed by atoms with Gasteiger partial charge in [0, 0.05) is 4.88 Å². The molecule has 4 rings (SSSR count). The van der Waals surface area contributed by atoms with Crippen LogP contribution in [0.15, 0.2) is 47.8 Å². The van der Waals surface area contributed by atoms with E-state index in [-0.39, 0.29) is 0 Å². The van der Waals surface area contributed by atoms with Gasteiger partial charge in [-0.15, -0.1) is 22.7 Å². The second-order valence-corrected chi connectivity index (χ2v) is 7.98. The minimum atomic E-state index is -0.680. The Morgan fingerprint density at radius 3 is 2.62 bits per heavy atom. The Morgan fingerprint density at radius 1 is 1.00 bits per heavy atom. The minimum absolute atomic E-state index is 0.354. The lowest BCUT2D eigenvalue weighted by Gasteiger charge is -2.18. The van der Waals surface area contributed by atoms with Crippen LogP contribution in [0.25, 0.3) is 10.4 Å². The van der Waals surface area contributed by atoms with Gasteiger partial charge < -0.3 is 14.2 Å². The molecule has 1 aliphatic heterocycles. The summed E-state index contributed by atoms with van der Waals surface area (Å²) in [6.07, 6.45) is 0. The Balaban J connectivity index is 1.35. The molecule has 29 heavy (non-hydrogen) atoms. The lowest BCUT2D eigenvalue weighted by Crippen LogP contribution is -2.33. The van der Waals surface area contributed by atoms with Gasteiger partial charge in [-0.3, -0.25) is 14.9 Å². The molecular weight excluding hydrogens is 414 g/mol. The van der Waals surface area contributed by atoms with Crippen molar-refractivity contribution in [3.63, 3.8) is 0 Å². The number of carbonyl (C=O) groups is 3. The first kappa shape index (κ1) is 19.2. The van der Waals surface area contributed by atoms with Crippen molar-refractivity contribution in [1.82, 2.24) is 5.32 Å². The van der Waals surface area contributed by atoms with Crippen molar-refractivity contribution in [2.45, 2.75) is 0 Å². The van der Waals surface area contributed by atoms with E-state index in [1.165, 1.54) is 22.7 Å². The number of benzene rings is 1. The van der Waals surface area contributed by atoms with Gasteiger partial charge in [0.2, 0.25) is 0 Å². The zero-order chi connectivity index (χ0) is 20.2. The molecule has 0 unspecified atom stereocenters. The summed E-state index contributed by atoms with van der Waals surface area (Å²) < 4.78 is 16.1. The summed E-state index contributed by atoms with van der Waals surface area (Å²) in [5.41, 5.74) is 0.887. The Bertz CT molecular complexity index is 1060. The van der Waals surface area contributed by atoms with Gasteiger partial charge in [-0.25, -0.2) is 4.79 Å². The third-order valence-electron chi connectivity index (χ3n) is 3.97. The number of amides is 2. The van der Waals surface area contributed by atoms with E-state index in [0.717, 1.165) is 10.4 Å². The van der Waals surface area contributed by atoms with Gasteiger partial charge in [0.05, 0.1) is 4.88 Å². The molecule has 0 radical (unpaired) electrons. The first-order chi connectivity index (χ1) is 14.1. The number of hydrogen-bond acceptors (Lipinski definition) is 8. The number of hydrogen-bond donors (Lipinski definition) is 1. The number of rotatable bonds is 5. The summed E-state index contributed by atoms with van der Waals surface area (Å²) in [6, 6.07) is 12.3. The number of fused-ring (bicyclic) bond motifs is 1. The van der Waals surface area contributed by atoms with E-state index in [0.29, 0.717) is 34.5 Å². The number of carbonyl (C=O) groups excluding carboxylic acids is 3. The molecule has 0 saturated carbocycles. The molecule has 2 aromatic heterocycles. The van der Waals surface area contributed by atoms with Crippen molar-refractivity contribution in [1.29, 1.82) is 0 Å². The molecule has 0 atom stereocenters. The van der Waals surface area contributed by atoms with Gasteiger partial charge in [0.1, 0.15) is 18.1 Å². The topological polar surface area (TPSA) is 90.9 Å². The lowest BCUT2D eigenvalue weighted by atomic mass is 10.1. The first-order valence-electron chi connectivity index (χ1n) is 8.65. The van der Waals surface area contributed by atoms with Crippen LogP contribution in [0.1, 0.15) is 19.3 Å². The zero-order valence-electron chi connectivity index (χ0n) is 15.0. The van der Waals surface area contributed by atoms with Gasteiger partial charge in [-0.05, 0) is 47.3 Å². The fourth-order valence-corrected chi connectivity index (χ4v) is 4.15. The van der Waals surface area contributed by atoms with Gasteiger partial charge in [0.25, 0.3) is 11.8 Å². The van der Waals surface area contributed by atoms with Crippen molar-refractivity contribution in [3.05, 3.63) is 57.6 Å². The van der Waals surface area contributed by atoms with Crippen molar-refractivity contribution < 1.29 is 28.6 Å². The summed E-state index contributed by atoms with van der Waals surface area (Å²) in [6.45, 7) is 0.483. The van der Waals surface area contributed by atoms with Crippen LogP contribution in [0, 0.1) is 0 Å². The summed E-state index contributed by atoms with van der Waals surface area (Å²) in [5.74, 6) is -0.464. The summed E-state index contributed by atoms with van der Waals surface area (Å²) >= 11 is 2.46. The Hall–Kier alpha value is -3.17. The maximum absolute atomic E-state index is 12.2. The molecule has 3 aromatic rings. The molecule has 1 aromatic carbocycles. The van der Waals surface area contributed by atoms with E-state index < -0.39 is 24.4 Å². The number of nitrogens with one attached hydrogen (secondary N) is 1. The molecule has 2 amide bonds. The standard InChI is InChI=1S/C20H15NO6S2/c22-18(21-19(23)16-2-1-9-28-16)11-27-20(24)17-6-5-15(29-17)12-3-4-13-14(10-12)26-8-7-25-13/h1-6,9-10H,7-8,11H2,(H,21,22,23). The fraction of sp³-hybridized carbons (Fsp3) is 0.150. The normalized spacial score (nSPS) is 12.3. The van der Waals surface area contributed by atoms with Crippen LogP contribution < -0.4 is 14.8 Å². The minimum Gasteiger partial charge on any atom is -0.486 e. The summed E-state index contributed by atoms with van der Waals surface area (Å²) in [4.78, 5) is 37.5. The van der Waals surface area contributed by atoms with Crippen LogP contribution in [-0.4, -0.2) is 37.6 Å². The molecule has 0 bridgehead atoms. The quantitative estimate of drug-likeness (QED) is 0.626. The highest BCUT2D eigenvalue weighted by molar-refractivity contribution is 7.17. The van der Waals surface area contributed by atoms with Crippen molar-refractivity contribution >= 4 is 40.5 Å². The Morgan fingerprint density at radius 2 is 1.83 bits per heavy atom. The van der Waals surface area contributed by atoms with E-state index in [1.54, 1.807) is 29.6 Å². The third-order valence-corrected chi connectivity index (χ3v) is 5.95. The predicted octanol–water partition coefficient (Wildman–Crippen LogP) is 3.36. The van der Waals surface area contributed by atoms with E-state index >= 15 is 0 Å². The molecule has 3 heterocycles. The van der Waals surface area contributed by atoms with Gasteiger partial charge in [-0.1, -0.05) is 6.07 Å². The average Bonchev–Trinajstić information content (AvgIpc) is 3.44. The highest BCUT2D eigenvalue weighted by atomic mass is 32.1. The first-order valence-corrected chi connectivity index (χ1v) is 10.3. The van der Waals surface area contributed by atoms with Crippen LogP contribution in [0.4, 0.5) is 0 Å². The van der Waals surface area contributed by atoms with E-state index in [1.807, 2.05) is 18.2 Å². The molecule has 0 aliphatic carbocycles. The predicted molar refractivity (Wildman–Crippen MR) is 108 cm³/mol. The number of imide groups is 1. The second-order valence-electron chi connectivity index (χ2n) is 5.95. The molecular formula is C20H15NO6S2. The van der Waals surface area contributed by atoms with E-state index in [9.17, 15) is 14.4 Å². The van der Waals surface area contributed by atoms with Crippen LogP contribution in [0.3, 0.4) is 0 Å². The molecule has 148 valence electrons. The highest BCUT2D eigenvalue weighted by Crippen LogP contribution is 2.37. The number of thiophene rings is 2. The van der Waals surface area contributed by atoms with E-state index in [4.69, 9.17) is 14.2 Å². The van der Waals surface area contributed by atoms with Gasteiger partial charge in [0.15, 0.2) is 18.1 Å². The zero-order valence-corrected chi connectivity index (χ0v) is 16.6. The maximum Gasteiger partial charge on any atom is 0.348 e. The molecule has 0 fully saturated rings. The molecule has 0 saturated heterocycles. The van der Waals surface area contributed by atoms with Gasteiger partial charge >= 0.3 is 5.97 Å². The van der Waals surface area contributed by atoms with Crippen molar-refractivity contribution in [3.8, 4) is 21.9 Å². The maximum atomic E-state index is 12.2. The van der Waals surface area contributed by atoms with E-state index in [2.05, 4.69) is 5.32 Å². The Kier molecular flexibility index (Phi) is 5.59. The second kappa shape index (κ2) is 8.46. The molecule has 1 aliphatic rings. The Labute approximate surface area is 173 Å². The monoisotopic (exact) mass is 429 g/mol. The summed E-state index contributed by atoms with van der Waals surface area (Å²) in [5, 5.41) is 3.91. The van der Waals surface area contributed by atoms with Crippen LogP contribution in [0.2, 0.25) is 0 Å². The van der Waals surface area contributed by atoms with Crippen molar-refractivity contribution in [2.75, 3.05) is 19.8 Å². The number of esters is 1. The average molecular weight is 429 g/mol. The van der Waals surface area contributed by atoms with Crippen LogP contribution >= 0.6 is 22.7 Å². The molecule has 0 spiro atoms. The van der Waals surface area contributed by atoms with Crippen LogP contribution in [-0.2, 0) is 9.53 Å². The number of ether oxygens (including phenoxy) is 3. The molecule has 7 nitrogen and oxygen atoms in total. The lowest BCUT2D eigenvalue weighted by molar-refractivity contribution is -0.123. The SMILES string of the molecule is O=C(COC(=O)c1ccc(-c2ccc3c(c2)OCCO3)s1)NC(=O)c1cccs1. The smallest absolute Gasteiger partial charge is 0.348 e. The largest absolute Gasteiger partial charge is 0.486 e. The van der Waals surface area contributed by atoms with Crippen LogP contribution in [0.5, 0.6) is 11.5 Å². The molecule has 1 N–H and O–H groups in total. The fourth-order valence-electron chi connectivity index (χ4n) is 2.63.